The van der Waals surface area contributed by atoms with Crippen molar-refractivity contribution in [3.63, 3.8) is 0 Å². The normalized spacial score (nSPS) is 11.1. The zero-order chi connectivity index (χ0) is 18.0. The third kappa shape index (κ3) is 7.16. The summed E-state index contributed by atoms with van der Waals surface area (Å²) in [6.45, 7) is 0.640. The first-order chi connectivity index (χ1) is 11.4. The van der Waals surface area contributed by atoms with Gasteiger partial charge in [-0.1, -0.05) is 0 Å². The first-order valence-electron chi connectivity index (χ1n) is 7.35. The minimum atomic E-state index is -3.69. The van der Waals surface area contributed by atoms with Crippen molar-refractivity contribution in [3.8, 4) is 11.5 Å². The Balaban J connectivity index is 2.59. The van der Waals surface area contributed by atoms with Crippen molar-refractivity contribution in [2.45, 2.75) is 12.2 Å². The van der Waals surface area contributed by atoms with Crippen molar-refractivity contribution in [2.75, 3.05) is 41.0 Å². The summed E-state index contributed by atoms with van der Waals surface area (Å²) in [6.07, 6.45) is 0.663. The molecule has 2 N–H and O–H groups in total. The topological polar surface area (TPSA) is 103 Å². The van der Waals surface area contributed by atoms with E-state index in [9.17, 15) is 13.2 Å². The van der Waals surface area contributed by atoms with Crippen molar-refractivity contribution in [1.82, 2.24) is 10.0 Å². The fourth-order valence-corrected chi connectivity index (χ4v) is 3.02. The predicted octanol–water partition coefficient (Wildman–Crippen LogP) is 0.276. The van der Waals surface area contributed by atoms with Crippen molar-refractivity contribution in [2.24, 2.45) is 0 Å². The molecule has 0 aliphatic rings. The van der Waals surface area contributed by atoms with Crippen LogP contribution < -0.4 is 19.5 Å². The van der Waals surface area contributed by atoms with E-state index in [1.807, 2.05) is 0 Å². The Morgan fingerprint density at radius 2 is 1.92 bits per heavy atom. The first kappa shape index (κ1) is 20.2. The van der Waals surface area contributed by atoms with E-state index < -0.39 is 15.9 Å². The Labute approximate surface area is 142 Å². The molecule has 0 aliphatic carbocycles. The van der Waals surface area contributed by atoms with Gasteiger partial charge in [0.2, 0.25) is 15.9 Å². The number of hydrogen-bond acceptors (Lipinski definition) is 6. The van der Waals surface area contributed by atoms with E-state index in [4.69, 9.17) is 14.2 Å². The van der Waals surface area contributed by atoms with Crippen molar-refractivity contribution < 1.29 is 27.4 Å². The van der Waals surface area contributed by atoms with Crippen molar-refractivity contribution >= 4 is 15.9 Å². The molecular formula is C15H24N2O6S. The number of hydrogen-bond donors (Lipinski definition) is 2. The molecule has 24 heavy (non-hydrogen) atoms. The average Bonchev–Trinajstić information content (AvgIpc) is 2.56. The number of carbonyl (C=O) groups excluding carboxylic acids is 1. The van der Waals surface area contributed by atoms with Gasteiger partial charge < -0.3 is 19.5 Å². The van der Waals surface area contributed by atoms with Crippen LogP contribution in [-0.2, 0) is 25.3 Å². The van der Waals surface area contributed by atoms with E-state index in [1.54, 1.807) is 25.3 Å². The second-order valence-corrected chi connectivity index (χ2v) is 6.76. The van der Waals surface area contributed by atoms with Gasteiger partial charge in [0, 0.05) is 25.8 Å². The number of carbonyl (C=O) groups is 1. The van der Waals surface area contributed by atoms with Crippen LogP contribution in [-0.4, -0.2) is 55.4 Å². The number of amides is 1. The summed E-state index contributed by atoms with van der Waals surface area (Å²) in [4.78, 5) is 11.6. The van der Waals surface area contributed by atoms with Gasteiger partial charge in [-0.05, 0) is 24.6 Å². The summed E-state index contributed by atoms with van der Waals surface area (Å²) in [6, 6.07) is 4.89. The van der Waals surface area contributed by atoms with E-state index in [0.29, 0.717) is 36.6 Å². The molecule has 0 radical (unpaired) electrons. The Bertz CT molecular complexity index is 633. The molecule has 0 spiro atoms. The molecule has 1 aromatic carbocycles. The van der Waals surface area contributed by atoms with Gasteiger partial charge in [0.15, 0.2) is 0 Å². The SMILES string of the molecule is COCCCNC(=O)CNS(=O)(=O)Cc1cc(OC)ccc1OC. The Kier molecular flexibility index (Phi) is 8.51. The van der Waals surface area contributed by atoms with Crippen LogP contribution in [0.3, 0.4) is 0 Å². The monoisotopic (exact) mass is 360 g/mol. The molecule has 0 saturated carbocycles. The molecule has 0 aromatic heterocycles. The molecule has 0 fully saturated rings. The van der Waals surface area contributed by atoms with Gasteiger partial charge >= 0.3 is 0 Å². The van der Waals surface area contributed by atoms with Crippen molar-refractivity contribution in [1.29, 1.82) is 0 Å². The Morgan fingerprint density at radius 1 is 1.17 bits per heavy atom. The number of nitrogens with one attached hydrogen (secondary N) is 2. The molecule has 8 nitrogen and oxygen atoms in total. The minimum absolute atomic E-state index is 0.315. The van der Waals surface area contributed by atoms with Gasteiger partial charge in [-0.2, -0.15) is 0 Å². The number of methoxy groups -OCH3 is 3. The number of ether oxygens (including phenoxy) is 3. The zero-order valence-electron chi connectivity index (χ0n) is 14.1. The minimum Gasteiger partial charge on any atom is -0.497 e. The van der Waals surface area contributed by atoms with Crippen LogP contribution in [0.5, 0.6) is 11.5 Å². The highest BCUT2D eigenvalue weighted by molar-refractivity contribution is 7.88. The van der Waals surface area contributed by atoms with E-state index in [-0.39, 0.29) is 12.3 Å². The molecule has 0 unspecified atom stereocenters. The van der Waals surface area contributed by atoms with Crippen LogP contribution in [0, 0.1) is 0 Å². The molecule has 0 heterocycles. The van der Waals surface area contributed by atoms with E-state index in [0.717, 1.165) is 0 Å². The molecule has 9 heteroatoms. The predicted molar refractivity (Wildman–Crippen MR) is 89.7 cm³/mol. The molecule has 1 rings (SSSR count). The van der Waals surface area contributed by atoms with Crippen molar-refractivity contribution in [3.05, 3.63) is 23.8 Å². The van der Waals surface area contributed by atoms with Gasteiger partial charge in [-0.25, -0.2) is 13.1 Å². The smallest absolute Gasteiger partial charge is 0.235 e. The van der Waals surface area contributed by atoms with Gasteiger partial charge in [0.05, 0.1) is 26.5 Å². The number of rotatable bonds is 11. The lowest BCUT2D eigenvalue weighted by Gasteiger charge is -2.12. The van der Waals surface area contributed by atoms with Crippen LogP contribution in [0.4, 0.5) is 0 Å². The highest BCUT2D eigenvalue weighted by Gasteiger charge is 2.17. The van der Waals surface area contributed by atoms with Gasteiger partial charge in [0.1, 0.15) is 11.5 Å². The fraction of sp³-hybridized carbons (Fsp3) is 0.533. The summed E-state index contributed by atoms with van der Waals surface area (Å²) in [7, 11) is 0.828. The average molecular weight is 360 g/mol. The molecule has 136 valence electrons. The quantitative estimate of drug-likeness (QED) is 0.549. The molecule has 0 aliphatic heterocycles. The van der Waals surface area contributed by atoms with Crippen LogP contribution >= 0.6 is 0 Å². The van der Waals surface area contributed by atoms with Gasteiger partial charge in [-0.3, -0.25) is 4.79 Å². The largest absolute Gasteiger partial charge is 0.497 e. The maximum atomic E-state index is 12.1. The summed E-state index contributed by atoms with van der Waals surface area (Å²) in [5, 5.41) is 2.60. The summed E-state index contributed by atoms with van der Waals surface area (Å²) in [5.41, 5.74) is 0.449. The van der Waals surface area contributed by atoms with Crippen LogP contribution in [0.15, 0.2) is 18.2 Å². The molecule has 0 saturated heterocycles. The molecule has 1 amide bonds. The van der Waals surface area contributed by atoms with E-state index in [1.165, 1.54) is 14.2 Å². The number of sulfonamides is 1. The zero-order valence-corrected chi connectivity index (χ0v) is 14.9. The summed E-state index contributed by atoms with van der Waals surface area (Å²) < 4.78 is 41.7. The second-order valence-electron chi connectivity index (χ2n) is 4.95. The Morgan fingerprint density at radius 3 is 2.54 bits per heavy atom. The maximum absolute atomic E-state index is 12.1. The molecule has 0 atom stereocenters. The second kappa shape index (κ2) is 10.1. The van der Waals surface area contributed by atoms with Crippen LogP contribution in [0.2, 0.25) is 0 Å². The van der Waals surface area contributed by atoms with E-state index in [2.05, 4.69) is 10.0 Å². The fourth-order valence-electron chi connectivity index (χ4n) is 1.93. The van der Waals surface area contributed by atoms with Gasteiger partial charge in [0.25, 0.3) is 0 Å². The highest BCUT2D eigenvalue weighted by Crippen LogP contribution is 2.25. The highest BCUT2D eigenvalue weighted by atomic mass is 32.2. The first-order valence-corrected chi connectivity index (χ1v) is 9.01. The summed E-state index contributed by atoms with van der Waals surface area (Å²) in [5.74, 6) is 0.249. The van der Waals surface area contributed by atoms with E-state index >= 15 is 0 Å². The third-order valence-corrected chi connectivity index (χ3v) is 4.41. The molecule has 1 aromatic rings. The standard InChI is InChI=1S/C15H24N2O6S/c1-21-8-4-7-16-15(18)10-17-24(19,20)11-12-9-13(22-2)5-6-14(12)23-3/h5-6,9,17H,4,7-8,10-11H2,1-3H3,(H,16,18). The molecule has 0 bridgehead atoms. The summed E-state index contributed by atoms with van der Waals surface area (Å²) >= 11 is 0. The lowest BCUT2D eigenvalue weighted by atomic mass is 10.2. The Hall–Kier alpha value is -1.84. The van der Waals surface area contributed by atoms with Crippen LogP contribution in [0.25, 0.3) is 0 Å². The lowest BCUT2D eigenvalue weighted by Crippen LogP contribution is -2.38. The lowest BCUT2D eigenvalue weighted by molar-refractivity contribution is -0.120. The molecular weight excluding hydrogens is 336 g/mol. The van der Waals surface area contributed by atoms with Gasteiger partial charge in [-0.15, -0.1) is 0 Å². The third-order valence-electron chi connectivity index (χ3n) is 3.13. The van der Waals surface area contributed by atoms with Crippen LogP contribution in [0.1, 0.15) is 12.0 Å². The number of benzene rings is 1. The maximum Gasteiger partial charge on any atom is 0.235 e.